The van der Waals surface area contributed by atoms with Crippen molar-refractivity contribution in [2.45, 2.75) is 66.2 Å². The van der Waals surface area contributed by atoms with E-state index in [2.05, 4.69) is 42.8 Å². The highest BCUT2D eigenvalue weighted by molar-refractivity contribution is 5.80. The number of carbonyl (C=O) groups is 1. The van der Waals surface area contributed by atoms with Crippen molar-refractivity contribution in [3.63, 3.8) is 0 Å². The standard InChI is InChI=1S/C26H35N3O2/c1-5-29-22-10-7-17-18-8-9-20(21-15-27-16-23(28-21)31-6-2)25(18,3)13-11-19(17)26(22,4)14-12-24(29)30/h9-10,15-19H,5-8,11-14H2,1-4H3/t17-,18-,19-,25-,26+/m0/s1. The topological polar surface area (TPSA) is 55.3 Å². The van der Waals surface area contributed by atoms with Crippen molar-refractivity contribution < 1.29 is 9.53 Å². The number of hydrogen-bond donors (Lipinski definition) is 0. The summed E-state index contributed by atoms with van der Waals surface area (Å²) in [5.74, 6) is 2.87. The third kappa shape index (κ3) is 2.99. The summed E-state index contributed by atoms with van der Waals surface area (Å²) < 4.78 is 5.62. The monoisotopic (exact) mass is 421 g/mol. The highest BCUT2D eigenvalue weighted by Gasteiger charge is 2.58. The average molecular weight is 422 g/mol. The Morgan fingerprint density at radius 1 is 1.10 bits per heavy atom. The van der Waals surface area contributed by atoms with Gasteiger partial charge < -0.3 is 9.64 Å². The number of allylic oxidation sites excluding steroid dienone is 4. The zero-order valence-corrected chi connectivity index (χ0v) is 19.4. The lowest BCUT2D eigenvalue weighted by Crippen LogP contribution is -2.54. The van der Waals surface area contributed by atoms with Gasteiger partial charge in [-0.15, -0.1) is 0 Å². The van der Waals surface area contributed by atoms with E-state index in [0.29, 0.717) is 42.6 Å². The number of carbonyl (C=O) groups excluding carboxylic acids is 1. The minimum Gasteiger partial charge on any atom is -0.477 e. The molecule has 0 unspecified atom stereocenters. The minimum atomic E-state index is 0.131. The Balaban J connectivity index is 1.46. The van der Waals surface area contributed by atoms with Crippen molar-refractivity contribution in [3.8, 4) is 5.88 Å². The summed E-state index contributed by atoms with van der Waals surface area (Å²) in [5.41, 5.74) is 3.92. The van der Waals surface area contributed by atoms with Gasteiger partial charge in [-0.2, -0.15) is 0 Å². The SMILES string of the molecule is CCOc1cncc(C2=CC[C@H]3[C@@H]4CC=C5N(CC)C(=O)CC[C@]5(C)[C@H]4CC[C@]23C)n1. The smallest absolute Gasteiger partial charge is 0.232 e. The van der Waals surface area contributed by atoms with Crippen LogP contribution in [0.1, 0.15) is 71.9 Å². The fraction of sp³-hybridized carbons (Fsp3) is 0.654. The first-order valence-electron chi connectivity index (χ1n) is 12.1. The second kappa shape index (κ2) is 7.46. The van der Waals surface area contributed by atoms with E-state index in [4.69, 9.17) is 9.72 Å². The van der Waals surface area contributed by atoms with E-state index < -0.39 is 0 Å². The van der Waals surface area contributed by atoms with E-state index in [1.54, 1.807) is 6.20 Å². The number of fused-ring (bicyclic) bond motifs is 5. The summed E-state index contributed by atoms with van der Waals surface area (Å²) in [4.78, 5) is 23.8. The summed E-state index contributed by atoms with van der Waals surface area (Å²) in [7, 11) is 0. The quantitative estimate of drug-likeness (QED) is 0.666. The third-order valence-electron chi connectivity index (χ3n) is 8.95. The first-order chi connectivity index (χ1) is 14.9. The predicted molar refractivity (Wildman–Crippen MR) is 121 cm³/mol. The van der Waals surface area contributed by atoms with Gasteiger partial charge in [0.15, 0.2) is 0 Å². The Labute approximate surface area is 186 Å². The van der Waals surface area contributed by atoms with Gasteiger partial charge in [-0.25, -0.2) is 4.98 Å². The Kier molecular flexibility index (Phi) is 4.98. The molecule has 1 aromatic rings. The first-order valence-corrected chi connectivity index (χ1v) is 12.1. The van der Waals surface area contributed by atoms with Crippen LogP contribution in [0.2, 0.25) is 0 Å². The van der Waals surface area contributed by atoms with E-state index in [-0.39, 0.29) is 10.8 Å². The van der Waals surface area contributed by atoms with Gasteiger partial charge in [0.25, 0.3) is 0 Å². The van der Waals surface area contributed by atoms with Gasteiger partial charge in [0, 0.05) is 24.1 Å². The van der Waals surface area contributed by atoms with Gasteiger partial charge >= 0.3 is 0 Å². The van der Waals surface area contributed by atoms with Gasteiger partial charge in [-0.1, -0.05) is 26.0 Å². The number of piperidine rings is 1. The summed E-state index contributed by atoms with van der Waals surface area (Å²) in [5, 5.41) is 0. The van der Waals surface area contributed by atoms with Crippen LogP contribution in [0.25, 0.3) is 5.57 Å². The molecule has 0 radical (unpaired) electrons. The van der Waals surface area contributed by atoms with Crippen molar-refractivity contribution >= 4 is 11.5 Å². The Morgan fingerprint density at radius 2 is 1.94 bits per heavy atom. The molecule has 1 amide bonds. The Bertz CT molecular complexity index is 954. The number of aromatic nitrogens is 2. The highest BCUT2D eigenvalue weighted by Crippen LogP contribution is 2.65. The average Bonchev–Trinajstić information content (AvgIpc) is 3.12. The molecule has 166 valence electrons. The number of likely N-dealkylation sites (tertiary alicyclic amines) is 1. The number of hydrogen-bond acceptors (Lipinski definition) is 4. The zero-order valence-electron chi connectivity index (χ0n) is 19.4. The molecule has 2 fully saturated rings. The first kappa shape index (κ1) is 20.7. The number of nitrogens with zero attached hydrogens (tertiary/aromatic N) is 3. The van der Waals surface area contributed by atoms with Crippen LogP contribution in [-0.2, 0) is 4.79 Å². The van der Waals surface area contributed by atoms with Crippen LogP contribution < -0.4 is 4.74 Å². The molecule has 31 heavy (non-hydrogen) atoms. The van der Waals surface area contributed by atoms with Gasteiger partial charge in [0.1, 0.15) is 0 Å². The summed E-state index contributed by atoms with van der Waals surface area (Å²) in [6.07, 6.45) is 14.7. The molecule has 5 nitrogen and oxygen atoms in total. The van der Waals surface area contributed by atoms with Crippen LogP contribution in [0.5, 0.6) is 5.88 Å². The van der Waals surface area contributed by atoms with Crippen molar-refractivity contribution in [2.75, 3.05) is 13.2 Å². The fourth-order valence-electron chi connectivity index (χ4n) is 7.45. The molecule has 4 aliphatic rings. The van der Waals surface area contributed by atoms with Crippen LogP contribution >= 0.6 is 0 Å². The van der Waals surface area contributed by atoms with Crippen molar-refractivity contribution in [1.82, 2.24) is 14.9 Å². The Morgan fingerprint density at radius 3 is 2.71 bits per heavy atom. The molecular formula is C26H35N3O2. The van der Waals surface area contributed by atoms with Crippen LogP contribution in [0.3, 0.4) is 0 Å². The van der Waals surface area contributed by atoms with Gasteiger partial charge in [-0.3, -0.25) is 9.78 Å². The number of amides is 1. The van der Waals surface area contributed by atoms with Gasteiger partial charge in [0.2, 0.25) is 11.8 Å². The van der Waals surface area contributed by atoms with Crippen molar-refractivity contribution in [1.29, 1.82) is 0 Å². The Hall–Kier alpha value is -2.17. The molecule has 5 heteroatoms. The van der Waals surface area contributed by atoms with Gasteiger partial charge in [0.05, 0.1) is 24.7 Å². The largest absolute Gasteiger partial charge is 0.477 e. The van der Waals surface area contributed by atoms with E-state index in [1.165, 1.54) is 24.1 Å². The van der Waals surface area contributed by atoms with E-state index >= 15 is 0 Å². The van der Waals surface area contributed by atoms with Crippen LogP contribution in [0, 0.1) is 28.6 Å². The lowest BCUT2D eigenvalue weighted by Gasteiger charge is -2.58. The molecule has 1 aliphatic heterocycles. The highest BCUT2D eigenvalue weighted by atomic mass is 16.5. The van der Waals surface area contributed by atoms with Crippen LogP contribution in [0.4, 0.5) is 0 Å². The predicted octanol–water partition coefficient (Wildman–Crippen LogP) is 5.25. The number of ether oxygens (including phenoxy) is 1. The van der Waals surface area contributed by atoms with Crippen LogP contribution in [0.15, 0.2) is 30.2 Å². The van der Waals surface area contributed by atoms with E-state index in [1.807, 2.05) is 13.1 Å². The maximum atomic E-state index is 12.5. The van der Waals surface area contributed by atoms with E-state index in [0.717, 1.165) is 31.5 Å². The summed E-state index contributed by atoms with van der Waals surface area (Å²) in [6.45, 7) is 10.4. The molecule has 1 saturated heterocycles. The molecule has 0 spiro atoms. The number of rotatable bonds is 4. The molecular weight excluding hydrogens is 386 g/mol. The molecule has 5 atom stereocenters. The van der Waals surface area contributed by atoms with Crippen molar-refractivity contribution in [2.24, 2.45) is 28.6 Å². The maximum Gasteiger partial charge on any atom is 0.232 e. The zero-order chi connectivity index (χ0) is 21.8. The van der Waals surface area contributed by atoms with Gasteiger partial charge in [-0.05, 0) is 74.7 Å². The normalized spacial score (nSPS) is 36.8. The summed E-state index contributed by atoms with van der Waals surface area (Å²) >= 11 is 0. The fourth-order valence-corrected chi connectivity index (χ4v) is 7.45. The third-order valence-corrected chi connectivity index (χ3v) is 8.95. The molecule has 0 bridgehead atoms. The van der Waals surface area contributed by atoms with E-state index in [9.17, 15) is 4.79 Å². The molecule has 1 saturated carbocycles. The molecule has 2 heterocycles. The summed E-state index contributed by atoms with van der Waals surface area (Å²) in [6, 6.07) is 0. The lowest BCUT2D eigenvalue weighted by molar-refractivity contribution is -0.136. The van der Waals surface area contributed by atoms with Crippen molar-refractivity contribution in [3.05, 3.63) is 35.9 Å². The molecule has 0 aromatic carbocycles. The molecule has 0 N–H and O–H groups in total. The second-order valence-electron chi connectivity index (χ2n) is 10.2. The second-order valence-corrected chi connectivity index (χ2v) is 10.2. The molecule has 3 aliphatic carbocycles. The minimum absolute atomic E-state index is 0.131. The molecule has 1 aromatic heterocycles. The lowest BCUT2D eigenvalue weighted by atomic mass is 9.49. The maximum absolute atomic E-state index is 12.5. The molecule has 5 rings (SSSR count). The van der Waals surface area contributed by atoms with Crippen LogP contribution in [-0.4, -0.2) is 33.9 Å².